The van der Waals surface area contributed by atoms with E-state index >= 15 is 0 Å². The highest BCUT2D eigenvalue weighted by atomic mass is 79.9. The number of hydrogen-bond donors (Lipinski definition) is 1. The molecule has 2 rings (SSSR count). The van der Waals surface area contributed by atoms with Crippen LogP contribution >= 0.6 is 15.9 Å². The molecule has 0 radical (unpaired) electrons. The summed E-state index contributed by atoms with van der Waals surface area (Å²) in [5, 5.41) is 3.45. The van der Waals surface area contributed by atoms with Crippen LogP contribution in [0.25, 0.3) is 0 Å². The molecule has 0 amide bonds. The van der Waals surface area contributed by atoms with Gasteiger partial charge in [-0.15, -0.1) is 0 Å². The Labute approximate surface area is 125 Å². The summed E-state index contributed by atoms with van der Waals surface area (Å²) in [5.74, 6) is 0.868. The lowest BCUT2D eigenvalue weighted by molar-refractivity contribution is 0.176. The van der Waals surface area contributed by atoms with E-state index in [-0.39, 0.29) is 0 Å². The van der Waals surface area contributed by atoms with Crippen LogP contribution in [0.3, 0.4) is 0 Å². The molecule has 1 saturated heterocycles. The Morgan fingerprint density at radius 1 is 1.47 bits per heavy atom. The molecule has 0 bridgehead atoms. The topological polar surface area (TPSA) is 15.3 Å². The number of halogens is 1. The number of benzene rings is 1. The van der Waals surface area contributed by atoms with Gasteiger partial charge >= 0.3 is 0 Å². The number of rotatable bonds is 5. The fraction of sp³-hybridized carbons (Fsp3) is 0.625. The summed E-state index contributed by atoms with van der Waals surface area (Å²) in [6.45, 7) is 6.12. The van der Waals surface area contributed by atoms with Gasteiger partial charge < -0.3 is 10.2 Å². The van der Waals surface area contributed by atoms with E-state index in [1.165, 1.54) is 44.5 Å². The molecule has 0 aromatic heterocycles. The highest BCUT2D eigenvalue weighted by Crippen LogP contribution is 2.22. The summed E-state index contributed by atoms with van der Waals surface area (Å²) >= 11 is 3.56. The molecule has 1 aromatic rings. The molecule has 19 heavy (non-hydrogen) atoms. The fourth-order valence-corrected chi connectivity index (χ4v) is 3.42. The molecule has 106 valence electrons. The van der Waals surface area contributed by atoms with Crippen LogP contribution in [-0.4, -0.2) is 31.6 Å². The van der Waals surface area contributed by atoms with Gasteiger partial charge in [-0.05, 0) is 63.0 Å². The number of nitrogens with zero attached hydrogens (tertiary/aromatic N) is 1. The first kappa shape index (κ1) is 15.0. The number of piperidine rings is 1. The molecule has 1 aliphatic rings. The summed E-state index contributed by atoms with van der Waals surface area (Å²) < 4.78 is 1.16. The van der Waals surface area contributed by atoms with Gasteiger partial charge in [0.1, 0.15) is 0 Å². The summed E-state index contributed by atoms with van der Waals surface area (Å²) in [7, 11) is 2.06. The third-order valence-electron chi connectivity index (χ3n) is 4.07. The lowest BCUT2D eigenvalue weighted by Crippen LogP contribution is -2.36. The van der Waals surface area contributed by atoms with E-state index in [0.717, 1.165) is 10.4 Å². The van der Waals surface area contributed by atoms with E-state index in [2.05, 4.69) is 64.4 Å². The van der Waals surface area contributed by atoms with Crippen LogP contribution in [0.4, 0.5) is 0 Å². The Morgan fingerprint density at radius 2 is 2.32 bits per heavy atom. The molecule has 1 fully saturated rings. The first-order chi connectivity index (χ1) is 9.19. The summed E-state index contributed by atoms with van der Waals surface area (Å²) in [4.78, 5) is 2.62. The first-order valence-electron chi connectivity index (χ1n) is 7.34. The van der Waals surface area contributed by atoms with Gasteiger partial charge in [0.05, 0.1) is 0 Å². The number of nitrogens with one attached hydrogen (secondary N) is 1. The molecule has 1 N–H and O–H groups in total. The molecule has 0 saturated carbocycles. The van der Waals surface area contributed by atoms with Crippen molar-refractivity contribution in [3.05, 3.63) is 34.3 Å². The van der Waals surface area contributed by atoms with Crippen molar-refractivity contribution in [1.29, 1.82) is 0 Å². The van der Waals surface area contributed by atoms with Gasteiger partial charge in [0.2, 0.25) is 0 Å². The minimum absolute atomic E-state index is 0.453. The molecule has 2 nitrogen and oxygen atoms in total. The molecular weight excluding hydrogens is 300 g/mol. The molecule has 1 heterocycles. The smallest absolute Gasteiger partial charge is 0.0330 e. The van der Waals surface area contributed by atoms with Gasteiger partial charge in [-0.1, -0.05) is 35.0 Å². The maximum atomic E-state index is 3.56. The van der Waals surface area contributed by atoms with E-state index in [4.69, 9.17) is 0 Å². The lowest BCUT2D eigenvalue weighted by atomic mass is 9.99. The lowest BCUT2D eigenvalue weighted by Gasteiger charge is -2.32. The van der Waals surface area contributed by atoms with Crippen molar-refractivity contribution in [2.24, 2.45) is 5.92 Å². The second-order valence-corrected chi connectivity index (χ2v) is 6.65. The van der Waals surface area contributed by atoms with Crippen LogP contribution in [0.2, 0.25) is 0 Å². The largest absolute Gasteiger partial charge is 0.313 e. The predicted octanol–water partition coefficient (Wildman–Crippen LogP) is 3.83. The average Bonchev–Trinajstić information content (AvgIpc) is 2.40. The quantitative estimate of drug-likeness (QED) is 0.885. The van der Waals surface area contributed by atoms with E-state index in [1.54, 1.807) is 0 Å². The van der Waals surface area contributed by atoms with Gasteiger partial charge in [-0.2, -0.15) is 0 Å². The van der Waals surface area contributed by atoms with Crippen molar-refractivity contribution in [1.82, 2.24) is 10.2 Å². The number of likely N-dealkylation sites (tertiary alicyclic amines) is 1. The van der Waals surface area contributed by atoms with E-state index in [9.17, 15) is 0 Å². The monoisotopic (exact) mass is 324 g/mol. The van der Waals surface area contributed by atoms with Crippen LogP contribution < -0.4 is 5.32 Å². The second-order valence-electron chi connectivity index (χ2n) is 5.73. The van der Waals surface area contributed by atoms with Crippen molar-refractivity contribution in [2.75, 3.05) is 26.7 Å². The Morgan fingerprint density at radius 3 is 3.00 bits per heavy atom. The molecule has 2 unspecified atom stereocenters. The fourth-order valence-electron chi connectivity index (χ4n) is 3.00. The Kier molecular flexibility index (Phi) is 5.86. The normalized spacial score (nSPS) is 22.4. The van der Waals surface area contributed by atoms with E-state index < -0.39 is 0 Å². The predicted molar refractivity (Wildman–Crippen MR) is 85.4 cm³/mol. The van der Waals surface area contributed by atoms with Gasteiger partial charge in [0, 0.05) is 17.1 Å². The van der Waals surface area contributed by atoms with Crippen LogP contribution in [-0.2, 0) is 0 Å². The average molecular weight is 325 g/mol. The number of hydrogen-bond acceptors (Lipinski definition) is 2. The summed E-state index contributed by atoms with van der Waals surface area (Å²) in [6, 6.07) is 9.09. The Bertz CT molecular complexity index is 394. The van der Waals surface area contributed by atoms with Crippen LogP contribution in [0.15, 0.2) is 28.7 Å². The van der Waals surface area contributed by atoms with Gasteiger partial charge in [-0.3, -0.25) is 0 Å². The minimum atomic E-state index is 0.453. The van der Waals surface area contributed by atoms with Crippen molar-refractivity contribution in [2.45, 2.75) is 32.2 Å². The molecule has 2 atom stereocenters. The van der Waals surface area contributed by atoms with Crippen molar-refractivity contribution < 1.29 is 0 Å². The van der Waals surface area contributed by atoms with Gasteiger partial charge in [-0.25, -0.2) is 0 Å². The van der Waals surface area contributed by atoms with E-state index in [1.807, 2.05) is 0 Å². The van der Waals surface area contributed by atoms with Crippen molar-refractivity contribution in [3.8, 4) is 0 Å². The maximum absolute atomic E-state index is 3.56. The van der Waals surface area contributed by atoms with Crippen LogP contribution in [0.1, 0.15) is 37.8 Å². The molecule has 3 heteroatoms. The molecular formula is C16H25BrN2. The highest BCUT2D eigenvalue weighted by molar-refractivity contribution is 9.10. The minimum Gasteiger partial charge on any atom is -0.313 e. The SMILES string of the molecule is CNC(CCN1CCCC(C)C1)c1cccc(Br)c1. The zero-order chi connectivity index (χ0) is 13.7. The third-order valence-corrected chi connectivity index (χ3v) is 4.57. The zero-order valence-electron chi connectivity index (χ0n) is 12.0. The Hall–Kier alpha value is -0.380. The maximum Gasteiger partial charge on any atom is 0.0330 e. The standard InChI is InChI=1S/C16H25BrN2/c1-13-5-4-9-19(12-13)10-8-16(18-2)14-6-3-7-15(17)11-14/h3,6-7,11,13,16,18H,4-5,8-10,12H2,1-2H3. The first-order valence-corrected chi connectivity index (χ1v) is 8.13. The van der Waals surface area contributed by atoms with Crippen molar-refractivity contribution >= 4 is 15.9 Å². The van der Waals surface area contributed by atoms with Crippen LogP contribution in [0.5, 0.6) is 0 Å². The van der Waals surface area contributed by atoms with E-state index in [0.29, 0.717) is 6.04 Å². The molecule has 1 aromatic carbocycles. The summed E-state index contributed by atoms with van der Waals surface area (Å²) in [6.07, 6.45) is 3.94. The second kappa shape index (κ2) is 7.41. The van der Waals surface area contributed by atoms with Crippen molar-refractivity contribution in [3.63, 3.8) is 0 Å². The zero-order valence-corrected chi connectivity index (χ0v) is 13.6. The Balaban J connectivity index is 1.89. The highest BCUT2D eigenvalue weighted by Gasteiger charge is 2.17. The van der Waals surface area contributed by atoms with Crippen LogP contribution in [0, 0.1) is 5.92 Å². The molecule has 1 aliphatic heterocycles. The molecule has 0 aliphatic carbocycles. The third kappa shape index (κ3) is 4.59. The summed E-state index contributed by atoms with van der Waals surface area (Å²) in [5.41, 5.74) is 1.38. The van der Waals surface area contributed by atoms with Gasteiger partial charge in [0.25, 0.3) is 0 Å². The van der Waals surface area contributed by atoms with Gasteiger partial charge in [0.15, 0.2) is 0 Å². The molecule has 0 spiro atoms.